The first kappa shape index (κ1) is 11.5. The van der Waals surface area contributed by atoms with Crippen molar-refractivity contribution in [3.63, 3.8) is 0 Å². The Kier molecular flexibility index (Phi) is 3.66. The summed E-state index contributed by atoms with van der Waals surface area (Å²) in [6.45, 7) is -0.431. The molecular formula is C9H9F2N3O. The highest BCUT2D eigenvalue weighted by atomic mass is 19.3. The van der Waals surface area contributed by atoms with Gasteiger partial charge in [0.05, 0.1) is 17.9 Å². The molecule has 0 atom stereocenters. The fraction of sp³-hybridized carbons (Fsp3) is 0.333. The summed E-state index contributed by atoms with van der Waals surface area (Å²) in [5.74, 6) is 0. The van der Waals surface area contributed by atoms with E-state index in [0.717, 1.165) is 6.07 Å². The summed E-state index contributed by atoms with van der Waals surface area (Å²) >= 11 is 0. The standard InChI is InChI=1S/C9H9F2N3O/c10-9(11)6-1-5(2-12)8(4-15)14-7(6)3-13/h1,9,15H,2,4,12H2. The topological polar surface area (TPSA) is 82.9 Å². The van der Waals surface area contributed by atoms with E-state index >= 15 is 0 Å². The van der Waals surface area contributed by atoms with E-state index in [1.807, 2.05) is 0 Å². The van der Waals surface area contributed by atoms with Crippen molar-refractivity contribution in [1.82, 2.24) is 4.98 Å². The Morgan fingerprint density at radius 3 is 2.67 bits per heavy atom. The molecule has 80 valence electrons. The molecule has 1 rings (SSSR count). The molecule has 0 aliphatic rings. The Morgan fingerprint density at radius 1 is 1.60 bits per heavy atom. The third-order valence-corrected chi connectivity index (χ3v) is 1.93. The number of aliphatic hydroxyl groups excluding tert-OH is 1. The Balaban J connectivity index is 3.36. The first-order valence-corrected chi connectivity index (χ1v) is 4.15. The Labute approximate surface area is 85.0 Å². The Bertz CT molecular complexity index is 401. The fourth-order valence-corrected chi connectivity index (χ4v) is 1.18. The van der Waals surface area contributed by atoms with Crippen LogP contribution in [0.5, 0.6) is 0 Å². The van der Waals surface area contributed by atoms with Gasteiger partial charge in [-0.2, -0.15) is 5.26 Å². The van der Waals surface area contributed by atoms with Crippen LogP contribution in [0.2, 0.25) is 0 Å². The maximum Gasteiger partial charge on any atom is 0.266 e. The molecule has 3 N–H and O–H groups in total. The second kappa shape index (κ2) is 4.77. The number of hydrogen-bond donors (Lipinski definition) is 2. The van der Waals surface area contributed by atoms with Gasteiger partial charge in [0.1, 0.15) is 11.8 Å². The Morgan fingerprint density at radius 2 is 2.27 bits per heavy atom. The monoisotopic (exact) mass is 213 g/mol. The molecule has 0 aliphatic carbocycles. The smallest absolute Gasteiger partial charge is 0.266 e. The number of nitrogens with zero attached hydrogens (tertiary/aromatic N) is 2. The van der Waals surface area contributed by atoms with E-state index in [4.69, 9.17) is 16.1 Å². The van der Waals surface area contributed by atoms with Crippen LogP contribution in [0, 0.1) is 11.3 Å². The molecule has 0 bridgehead atoms. The summed E-state index contributed by atoms with van der Waals surface area (Å²) < 4.78 is 24.9. The highest BCUT2D eigenvalue weighted by Gasteiger charge is 2.17. The summed E-state index contributed by atoms with van der Waals surface area (Å²) in [7, 11) is 0. The van der Waals surface area contributed by atoms with Crippen LogP contribution in [0.15, 0.2) is 6.07 Å². The lowest BCUT2D eigenvalue weighted by Crippen LogP contribution is -2.08. The third kappa shape index (κ3) is 2.26. The van der Waals surface area contributed by atoms with Crippen LogP contribution in [0.1, 0.15) is 28.9 Å². The molecule has 0 saturated carbocycles. The quantitative estimate of drug-likeness (QED) is 0.779. The molecule has 0 fully saturated rings. The van der Waals surface area contributed by atoms with E-state index in [2.05, 4.69) is 4.98 Å². The molecule has 0 aliphatic heterocycles. The zero-order valence-corrected chi connectivity index (χ0v) is 7.74. The molecule has 6 heteroatoms. The molecule has 15 heavy (non-hydrogen) atoms. The molecular weight excluding hydrogens is 204 g/mol. The number of aliphatic hydroxyl groups is 1. The lowest BCUT2D eigenvalue weighted by atomic mass is 10.1. The Hall–Kier alpha value is -1.58. The van der Waals surface area contributed by atoms with Crippen molar-refractivity contribution >= 4 is 0 Å². The molecule has 0 unspecified atom stereocenters. The molecule has 0 spiro atoms. The van der Waals surface area contributed by atoms with Gasteiger partial charge in [0.2, 0.25) is 0 Å². The van der Waals surface area contributed by atoms with Crippen molar-refractivity contribution in [2.24, 2.45) is 5.73 Å². The highest BCUT2D eigenvalue weighted by Crippen LogP contribution is 2.23. The van der Waals surface area contributed by atoms with Gasteiger partial charge in [-0.25, -0.2) is 13.8 Å². The van der Waals surface area contributed by atoms with Gasteiger partial charge in [-0.05, 0) is 11.6 Å². The molecule has 1 aromatic rings. The SMILES string of the molecule is N#Cc1nc(CO)c(CN)cc1C(F)F. The summed E-state index contributed by atoms with van der Waals surface area (Å²) in [4.78, 5) is 3.63. The van der Waals surface area contributed by atoms with Crippen LogP contribution in [-0.2, 0) is 13.2 Å². The first-order chi connectivity index (χ1) is 7.13. The largest absolute Gasteiger partial charge is 0.390 e. The van der Waals surface area contributed by atoms with Gasteiger partial charge in [0, 0.05) is 6.54 Å². The van der Waals surface area contributed by atoms with Gasteiger partial charge in [-0.15, -0.1) is 0 Å². The lowest BCUT2D eigenvalue weighted by molar-refractivity contribution is 0.150. The van der Waals surface area contributed by atoms with Gasteiger partial charge in [0.25, 0.3) is 6.43 Å². The van der Waals surface area contributed by atoms with Gasteiger partial charge in [0.15, 0.2) is 0 Å². The molecule has 1 aromatic heterocycles. The number of pyridine rings is 1. The predicted octanol–water partition coefficient (Wildman–Crippen LogP) is 0.842. The second-order valence-electron chi connectivity index (χ2n) is 2.81. The average molecular weight is 213 g/mol. The zero-order chi connectivity index (χ0) is 11.4. The van der Waals surface area contributed by atoms with Crippen LogP contribution in [-0.4, -0.2) is 10.1 Å². The number of hydrogen-bond acceptors (Lipinski definition) is 4. The van der Waals surface area contributed by atoms with E-state index in [-0.39, 0.29) is 17.9 Å². The van der Waals surface area contributed by atoms with Gasteiger partial charge in [-0.3, -0.25) is 0 Å². The molecule has 4 nitrogen and oxygen atoms in total. The summed E-state index contributed by atoms with van der Waals surface area (Å²) in [6, 6.07) is 2.67. The van der Waals surface area contributed by atoms with E-state index in [1.54, 1.807) is 6.07 Å². The molecule has 0 radical (unpaired) electrons. The van der Waals surface area contributed by atoms with Crippen molar-refractivity contribution in [3.05, 3.63) is 28.6 Å². The number of aromatic nitrogens is 1. The highest BCUT2D eigenvalue weighted by molar-refractivity contribution is 5.37. The maximum absolute atomic E-state index is 12.5. The van der Waals surface area contributed by atoms with Gasteiger partial charge in [-0.1, -0.05) is 0 Å². The van der Waals surface area contributed by atoms with Crippen molar-refractivity contribution < 1.29 is 13.9 Å². The van der Waals surface area contributed by atoms with Crippen molar-refractivity contribution in [2.45, 2.75) is 19.6 Å². The first-order valence-electron chi connectivity index (χ1n) is 4.15. The third-order valence-electron chi connectivity index (χ3n) is 1.93. The van der Waals surface area contributed by atoms with E-state index in [9.17, 15) is 8.78 Å². The second-order valence-corrected chi connectivity index (χ2v) is 2.81. The molecule has 0 aromatic carbocycles. The number of alkyl halides is 2. The predicted molar refractivity (Wildman–Crippen MR) is 47.7 cm³/mol. The van der Waals surface area contributed by atoms with Crippen molar-refractivity contribution in [3.8, 4) is 6.07 Å². The fourth-order valence-electron chi connectivity index (χ4n) is 1.18. The van der Waals surface area contributed by atoms with Crippen molar-refractivity contribution in [2.75, 3.05) is 0 Å². The number of nitriles is 1. The number of rotatable bonds is 3. The normalized spacial score (nSPS) is 10.4. The minimum atomic E-state index is -2.77. The van der Waals surface area contributed by atoms with Crippen LogP contribution in [0.3, 0.4) is 0 Å². The van der Waals surface area contributed by atoms with Gasteiger partial charge >= 0.3 is 0 Å². The summed E-state index contributed by atoms with van der Waals surface area (Å²) in [6.07, 6.45) is -2.77. The molecule has 0 saturated heterocycles. The number of halogens is 2. The minimum absolute atomic E-state index is 0.00563. The van der Waals surface area contributed by atoms with Crippen LogP contribution in [0.4, 0.5) is 8.78 Å². The van der Waals surface area contributed by atoms with Crippen LogP contribution < -0.4 is 5.73 Å². The maximum atomic E-state index is 12.5. The van der Waals surface area contributed by atoms with E-state index < -0.39 is 18.6 Å². The van der Waals surface area contributed by atoms with Crippen molar-refractivity contribution in [1.29, 1.82) is 5.26 Å². The minimum Gasteiger partial charge on any atom is -0.390 e. The number of nitrogens with two attached hydrogens (primary N) is 1. The van der Waals surface area contributed by atoms with Crippen LogP contribution >= 0.6 is 0 Å². The van der Waals surface area contributed by atoms with Crippen LogP contribution in [0.25, 0.3) is 0 Å². The molecule has 0 amide bonds. The summed E-state index contributed by atoms with van der Waals surface area (Å²) in [5.41, 5.74) is 4.98. The van der Waals surface area contributed by atoms with Gasteiger partial charge < -0.3 is 10.8 Å². The summed E-state index contributed by atoms with van der Waals surface area (Å²) in [5, 5.41) is 17.5. The molecule has 1 heterocycles. The zero-order valence-electron chi connectivity index (χ0n) is 7.74. The average Bonchev–Trinajstić information content (AvgIpc) is 2.26. The lowest BCUT2D eigenvalue weighted by Gasteiger charge is -2.08. The van der Waals surface area contributed by atoms with E-state index in [1.165, 1.54) is 0 Å². The van der Waals surface area contributed by atoms with E-state index in [0.29, 0.717) is 5.56 Å².